The van der Waals surface area contributed by atoms with E-state index >= 15 is 0 Å². The average Bonchev–Trinajstić information content (AvgIpc) is 2.70. The SMILES string of the molecule is CC(C)C(NC(=O)c1ccc(Cl)cc1Cl)C(=O)NN=Cc1ccc(OCC(N)=O)cc1. The highest BCUT2D eigenvalue weighted by molar-refractivity contribution is 6.36. The number of carbonyl (C=O) groups is 3. The number of rotatable bonds is 9. The number of ether oxygens (including phenoxy) is 1. The molecule has 0 radical (unpaired) electrons. The van der Waals surface area contributed by atoms with Crippen molar-refractivity contribution in [1.29, 1.82) is 0 Å². The molecule has 0 saturated carbocycles. The molecule has 8 nitrogen and oxygen atoms in total. The fourth-order valence-corrected chi connectivity index (χ4v) is 2.97. The van der Waals surface area contributed by atoms with Crippen molar-refractivity contribution in [1.82, 2.24) is 10.7 Å². The van der Waals surface area contributed by atoms with Crippen LogP contribution in [0.15, 0.2) is 47.6 Å². The molecule has 0 aromatic heterocycles. The lowest BCUT2D eigenvalue weighted by Crippen LogP contribution is -2.48. The van der Waals surface area contributed by atoms with E-state index in [0.717, 1.165) is 0 Å². The van der Waals surface area contributed by atoms with E-state index in [-0.39, 0.29) is 23.1 Å². The largest absolute Gasteiger partial charge is 0.484 e. The first-order chi connectivity index (χ1) is 14.7. The van der Waals surface area contributed by atoms with Crippen LogP contribution >= 0.6 is 23.2 Å². The Hall–Kier alpha value is -3.10. The van der Waals surface area contributed by atoms with E-state index in [1.807, 2.05) is 0 Å². The van der Waals surface area contributed by atoms with E-state index < -0.39 is 23.8 Å². The summed E-state index contributed by atoms with van der Waals surface area (Å²) >= 11 is 11.9. The lowest BCUT2D eigenvalue weighted by atomic mass is 10.0. The molecule has 2 aromatic carbocycles. The molecule has 0 saturated heterocycles. The van der Waals surface area contributed by atoms with Crippen LogP contribution in [0.3, 0.4) is 0 Å². The van der Waals surface area contributed by atoms with E-state index in [4.69, 9.17) is 33.7 Å². The monoisotopic (exact) mass is 464 g/mol. The van der Waals surface area contributed by atoms with Crippen LogP contribution < -0.4 is 21.2 Å². The molecule has 2 rings (SSSR count). The molecule has 1 atom stereocenters. The predicted molar refractivity (Wildman–Crippen MR) is 119 cm³/mol. The van der Waals surface area contributed by atoms with Gasteiger partial charge in [0.15, 0.2) is 6.61 Å². The summed E-state index contributed by atoms with van der Waals surface area (Å²) in [4.78, 5) is 35.8. The maximum atomic E-state index is 12.5. The Labute approximate surface area is 189 Å². The molecule has 0 fully saturated rings. The van der Waals surface area contributed by atoms with Crippen LogP contribution in [0.5, 0.6) is 5.75 Å². The van der Waals surface area contributed by atoms with E-state index in [0.29, 0.717) is 16.3 Å². The summed E-state index contributed by atoms with van der Waals surface area (Å²) in [6.07, 6.45) is 1.44. The Morgan fingerprint density at radius 2 is 1.81 bits per heavy atom. The van der Waals surface area contributed by atoms with E-state index in [2.05, 4.69) is 15.8 Å². The zero-order chi connectivity index (χ0) is 23.0. The van der Waals surface area contributed by atoms with Gasteiger partial charge >= 0.3 is 0 Å². The number of hydrogen-bond acceptors (Lipinski definition) is 5. The van der Waals surface area contributed by atoms with Crippen LogP contribution in [0, 0.1) is 5.92 Å². The van der Waals surface area contributed by atoms with Gasteiger partial charge in [-0.05, 0) is 53.9 Å². The van der Waals surface area contributed by atoms with Crippen LogP contribution in [-0.4, -0.2) is 36.6 Å². The molecule has 0 aliphatic rings. The quantitative estimate of drug-likeness (QED) is 0.389. The molecular weight excluding hydrogens is 443 g/mol. The van der Waals surface area contributed by atoms with Crippen molar-refractivity contribution in [3.8, 4) is 5.75 Å². The van der Waals surface area contributed by atoms with Gasteiger partial charge in [-0.2, -0.15) is 5.10 Å². The number of amides is 3. The number of hydrazone groups is 1. The molecule has 31 heavy (non-hydrogen) atoms. The first-order valence-corrected chi connectivity index (χ1v) is 10.0. The van der Waals surface area contributed by atoms with Crippen LogP contribution in [0.4, 0.5) is 0 Å². The Balaban J connectivity index is 1.97. The summed E-state index contributed by atoms with van der Waals surface area (Å²) in [5.74, 6) is -1.27. The van der Waals surface area contributed by atoms with Crippen LogP contribution in [0.25, 0.3) is 0 Å². The third-order valence-corrected chi connectivity index (χ3v) is 4.61. The smallest absolute Gasteiger partial charge is 0.262 e. The van der Waals surface area contributed by atoms with Gasteiger partial charge in [0.25, 0.3) is 17.7 Å². The van der Waals surface area contributed by atoms with Gasteiger partial charge in [0.1, 0.15) is 11.8 Å². The summed E-state index contributed by atoms with van der Waals surface area (Å²) in [6.45, 7) is 3.37. The zero-order valence-electron chi connectivity index (χ0n) is 16.9. The first kappa shape index (κ1) is 24.2. The minimum Gasteiger partial charge on any atom is -0.484 e. The van der Waals surface area contributed by atoms with Crippen molar-refractivity contribution in [3.63, 3.8) is 0 Å². The number of halogens is 2. The predicted octanol–water partition coefficient (Wildman–Crippen LogP) is 2.76. The summed E-state index contributed by atoms with van der Waals surface area (Å²) < 4.78 is 5.17. The van der Waals surface area contributed by atoms with E-state index in [1.54, 1.807) is 44.2 Å². The van der Waals surface area contributed by atoms with Crippen molar-refractivity contribution in [3.05, 3.63) is 63.6 Å². The summed E-state index contributed by atoms with van der Waals surface area (Å²) in [5, 5.41) is 7.18. The lowest BCUT2D eigenvalue weighted by molar-refractivity contribution is -0.124. The van der Waals surface area contributed by atoms with Crippen LogP contribution in [0.1, 0.15) is 29.8 Å². The second-order valence-electron chi connectivity index (χ2n) is 6.88. The second-order valence-corrected chi connectivity index (χ2v) is 7.72. The van der Waals surface area contributed by atoms with Gasteiger partial charge in [0.2, 0.25) is 0 Å². The van der Waals surface area contributed by atoms with Crippen molar-refractivity contribution in [2.75, 3.05) is 6.61 Å². The first-order valence-electron chi connectivity index (χ1n) is 9.27. The van der Waals surface area contributed by atoms with Crippen molar-refractivity contribution < 1.29 is 19.1 Å². The number of primary amides is 1. The Kier molecular flexibility index (Phi) is 8.84. The molecule has 0 bridgehead atoms. The number of carbonyl (C=O) groups excluding carboxylic acids is 3. The van der Waals surface area contributed by atoms with Crippen molar-refractivity contribution >= 4 is 47.1 Å². The normalized spacial score (nSPS) is 11.9. The van der Waals surface area contributed by atoms with Gasteiger partial charge in [-0.1, -0.05) is 37.0 Å². The Morgan fingerprint density at radius 3 is 2.39 bits per heavy atom. The minimum absolute atomic E-state index is 0.189. The molecule has 164 valence electrons. The minimum atomic E-state index is -0.832. The molecule has 0 aliphatic carbocycles. The maximum Gasteiger partial charge on any atom is 0.262 e. The van der Waals surface area contributed by atoms with Gasteiger partial charge in [-0.3, -0.25) is 14.4 Å². The van der Waals surface area contributed by atoms with Gasteiger partial charge in [0.05, 0.1) is 16.8 Å². The fraction of sp³-hybridized carbons (Fsp3) is 0.238. The molecule has 3 amide bonds. The molecule has 0 spiro atoms. The third-order valence-electron chi connectivity index (χ3n) is 4.06. The van der Waals surface area contributed by atoms with Crippen molar-refractivity contribution in [2.45, 2.75) is 19.9 Å². The Bertz CT molecular complexity index is 978. The highest BCUT2D eigenvalue weighted by atomic mass is 35.5. The highest BCUT2D eigenvalue weighted by Gasteiger charge is 2.25. The molecule has 2 aromatic rings. The van der Waals surface area contributed by atoms with Gasteiger partial charge < -0.3 is 15.8 Å². The van der Waals surface area contributed by atoms with Crippen molar-refractivity contribution in [2.24, 2.45) is 16.8 Å². The number of nitrogens with zero attached hydrogens (tertiary/aromatic N) is 1. The standard InChI is InChI=1S/C21H22Cl2N4O4/c1-12(2)19(26-20(29)16-8-5-14(22)9-17(16)23)21(30)27-25-10-13-3-6-15(7-4-13)31-11-18(24)28/h3-10,12,19H,11H2,1-2H3,(H2,24,28)(H,26,29)(H,27,30). The summed E-state index contributed by atoms with van der Waals surface area (Å²) in [7, 11) is 0. The molecule has 4 N–H and O–H groups in total. The Morgan fingerprint density at radius 1 is 1.13 bits per heavy atom. The zero-order valence-corrected chi connectivity index (χ0v) is 18.4. The topological polar surface area (TPSA) is 123 Å². The number of nitrogens with two attached hydrogens (primary N) is 1. The van der Waals surface area contributed by atoms with Crippen LogP contribution in [-0.2, 0) is 9.59 Å². The second kappa shape index (κ2) is 11.3. The number of hydrogen-bond donors (Lipinski definition) is 3. The molecule has 10 heteroatoms. The summed E-state index contributed by atoms with van der Waals surface area (Å²) in [5.41, 5.74) is 8.34. The fourth-order valence-electron chi connectivity index (χ4n) is 2.47. The lowest BCUT2D eigenvalue weighted by Gasteiger charge is -2.20. The summed E-state index contributed by atoms with van der Waals surface area (Å²) in [6, 6.07) is 10.3. The number of nitrogens with one attached hydrogen (secondary N) is 2. The average molecular weight is 465 g/mol. The maximum absolute atomic E-state index is 12.5. The van der Waals surface area contributed by atoms with Gasteiger partial charge in [-0.15, -0.1) is 0 Å². The highest BCUT2D eigenvalue weighted by Crippen LogP contribution is 2.21. The van der Waals surface area contributed by atoms with Gasteiger partial charge in [-0.25, -0.2) is 5.43 Å². The van der Waals surface area contributed by atoms with E-state index in [1.165, 1.54) is 18.3 Å². The van der Waals surface area contributed by atoms with E-state index in [9.17, 15) is 14.4 Å². The van der Waals surface area contributed by atoms with Crippen LogP contribution in [0.2, 0.25) is 10.0 Å². The molecule has 0 aliphatic heterocycles. The van der Waals surface area contributed by atoms with Gasteiger partial charge in [0, 0.05) is 5.02 Å². The molecule has 0 heterocycles. The molecular formula is C21H22Cl2N4O4. The molecule has 1 unspecified atom stereocenters. The number of benzene rings is 2. The third kappa shape index (κ3) is 7.58.